The number of primary amides is 1. The summed E-state index contributed by atoms with van der Waals surface area (Å²) in [7, 11) is 1.53. The van der Waals surface area contributed by atoms with Gasteiger partial charge in [0.1, 0.15) is 5.75 Å². The van der Waals surface area contributed by atoms with Gasteiger partial charge in [-0.1, -0.05) is 12.1 Å². The Hall–Kier alpha value is -2.04. The molecule has 0 saturated heterocycles. The fourth-order valence-corrected chi connectivity index (χ4v) is 1.48. The van der Waals surface area contributed by atoms with E-state index in [1.807, 2.05) is 38.1 Å². The van der Waals surface area contributed by atoms with Crippen molar-refractivity contribution in [3.63, 3.8) is 0 Å². The van der Waals surface area contributed by atoms with E-state index in [1.54, 1.807) is 0 Å². The molecule has 1 aromatic carbocycles. The highest BCUT2D eigenvalue weighted by Gasteiger charge is 2.14. The predicted octanol–water partition coefficient (Wildman–Crippen LogP) is 0.917. The molecule has 5 heteroatoms. The number of nitrogens with two attached hydrogens (primary N) is 1. The number of benzene rings is 1. The molecule has 1 rings (SSSR count). The largest absolute Gasteiger partial charge is 0.491 e. The molecule has 98 valence electrons. The molecule has 2 N–H and O–H groups in total. The summed E-state index contributed by atoms with van der Waals surface area (Å²) in [6.45, 7) is 4.24. The molecule has 0 atom stereocenters. The maximum atomic E-state index is 11.3. The first-order valence-corrected chi connectivity index (χ1v) is 5.70. The summed E-state index contributed by atoms with van der Waals surface area (Å²) in [5.41, 5.74) is 5.83. The molecular formula is C13H18N2O3. The van der Waals surface area contributed by atoms with E-state index in [2.05, 4.69) is 0 Å². The first-order valence-electron chi connectivity index (χ1n) is 5.70. The van der Waals surface area contributed by atoms with E-state index in [1.165, 1.54) is 11.9 Å². The summed E-state index contributed by atoms with van der Waals surface area (Å²) in [6.07, 6.45) is 0.120. The van der Waals surface area contributed by atoms with Gasteiger partial charge >= 0.3 is 11.8 Å². The van der Waals surface area contributed by atoms with Crippen LogP contribution in [0.5, 0.6) is 5.75 Å². The molecule has 0 aliphatic heterocycles. The number of rotatable bonds is 4. The van der Waals surface area contributed by atoms with Crippen molar-refractivity contribution in [3.05, 3.63) is 29.8 Å². The number of hydrogen-bond donors (Lipinski definition) is 1. The summed E-state index contributed by atoms with van der Waals surface area (Å²) in [5.74, 6) is -0.868. The number of nitrogens with zero attached hydrogens (tertiary/aromatic N) is 1. The third kappa shape index (κ3) is 4.08. The van der Waals surface area contributed by atoms with Gasteiger partial charge in [0.05, 0.1) is 6.10 Å². The summed E-state index contributed by atoms with van der Waals surface area (Å²) in [4.78, 5) is 23.3. The molecule has 0 radical (unpaired) electrons. The minimum Gasteiger partial charge on any atom is -0.491 e. The van der Waals surface area contributed by atoms with Gasteiger partial charge in [-0.05, 0) is 31.5 Å². The molecule has 0 unspecified atom stereocenters. The van der Waals surface area contributed by atoms with Crippen LogP contribution in [0.3, 0.4) is 0 Å². The van der Waals surface area contributed by atoms with Crippen molar-refractivity contribution in [2.45, 2.75) is 26.5 Å². The van der Waals surface area contributed by atoms with E-state index in [0.717, 1.165) is 11.3 Å². The Morgan fingerprint density at radius 2 is 1.83 bits per heavy atom. The fourth-order valence-electron chi connectivity index (χ4n) is 1.48. The molecule has 2 amide bonds. The van der Waals surface area contributed by atoms with Crippen molar-refractivity contribution in [2.24, 2.45) is 5.73 Å². The highest BCUT2D eigenvalue weighted by molar-refractivity contribution is 6.34. The van der Waals surface area contributed by atoms with Gasteiger partial charge in [-0.25, -0.2) is 0 Å². The number of carbonyl (C=O) groups is 2. The van der Waals surface area contributed by atoms with Crippen molar-refractivity contribution < 1.29 is 14.3 Å². The van der Waals surface area contributed by atoms with Crippen LogP contribution in [0.25, 0.3) is 0 Å². The normalized spacial score (nSPS) is 10.2. The van der Waals surface area contributed by atoms with E-state index in [9.17, 15) is 9.59 Å². The maximum Gasteiger partial charge on any atom is 0.311 e. The number of carbonyl (C=O) groups excluding carboxylic acids is 2. The second-order valence-electron chi connectivity index (χ2n) is 4.34. The zero-order valence-electron chi connectivity index (χ0n) is 10.8. The molecule has 18 heavy (non-hydrogen) atoms. The van der Waals surface area contributed by atoms with Crippen LogP contribution < -0.4 is 10.5 Å². The van der Waals surface area contributed by atoms with Gasteiger partial charge in [-0.15, -0.1) is 0 Å². The highest BCUT2D eigenvalue weighted by Crippen LogP contribution is 2.14. The lowest BCUT2D eigenvalue weighted by molar-refractivity contribution is -0.143. The highest BCUT2D eigenvalue weighted by atomic mass is 16.5. The van der Waals surface area contributed by atoms with Crippen LogP contribution in [0.2, 0.25) is 0 Å². The van der Waals surface area contributed by atoms with Crippen LogP contribution in [0.4, 0.5) is 0 Å². The quantitative estimate of drug-likeness (QED) is 0.807. The Balaban J connectivity index is 2.63. The zero-order chi connectivity index (χ0) is 13.7. The van der Waals surface area contributed by atoms with Gasteiger partial charge in [0.25, 0.3) is 0 Å². The van der Waals surface area contributed by atoms with Crippen LogP contribution in [0.15, 0.2) is 24.3 Å². The molecular weight excluding hydrogens is 232 g/mol. The summed E-state index contributed by atoms with van der Waals surface area (Å²) >= 11 is 0. The van der Waals surface area contributed by atoms with Crippen molar-refractivity contribution in [1.29, 1.82) is 0 Å². The lowest BCUT2D eigenvalue weighted by Gasteiger charge is -2.15. The van der Waals surface area contributed by atoms with Gasteiger partial charge in [0.15, 0.2) is 0 Å². The molecule has 0 saturated carbocycles. The smallest absolute Gasteiger partial charge is 0.311 e. The standard InChI is InChI=1S/C13H18N2O3/c1-9(2)18-11-6-4-10(5-7-11)8-15(3)13(17)12(14)16/h4-7,9H,8H2,1-3H3,(H2,14,16). The summed E-state index contributed by atoms with van der Waals surface area (Å²) < 4.78 is 5.51. The van der Waals surface area contributed by atoms with Crippen molar-refractivity contribution in [1.82, 2.24) is 4.90 Å². The molecule has 0 aromatic heterocycles. The topological polar surface area (TPSA) is 72.6 Å². The van der Waals surface area contributed by atoms with E-state index in [4.69, 9.17) is 10.5 Å². The van der Waals surface area contributed by atoms with Gasteiger partial charge in [-0.3, -0.25) is 9.59 Å². The number of hydrogen-bond acceptors (Lipinski definition) is 3. The Labute approximate surface area is 107 Å². The minimum atomic E-state index is -0.947. The molecule has 5 nitrogen and oxygen atoms in total. The zero-order valence-corrected chi connectivity index (χ0v) is 10.8. The lowest BCUT2D eigenvalue weighted by atomic mass is 10.2. The Kier molecular flexibility index (Phi) is 4.71. The van der Waals surface area contributed by atoms with Gasteiger partial charge in [0.2, 0.25) is 0 Å². The molecule has 0 spiro atoms. The third-order valence-electron chi connectivity index (χ3n) is 2.27. The fraction of sp³-hybridized carbons (Fsp3) is 0.385. The van der Waals surface area contributed by atoms with Gasteiger partial charge in [-0.2, -0.15) is 0 Å². The second kappa shape index (κ2) is 6.05. The van der Waals surface area contributed by atoms with Crippen molar-refractivity contribution in [2.75, 3.05) is 7.05 Å². The first-order chi connectivity index (χ1) is 8.40. The lowest BCUT2D eigenvalue weighted by Crippen LogP contribution is -2.37. The van der Waals surface area contributed by atoms with Crippen LogP contribution in [-0.2, 0) is 16.1 Å². The van der Waals surface area contributed by atoms with E-state index in [-0.39, 0.29) is 6.10 Å². The third-order valence-corrected chi connectivity index (χ3v) is 2.27. The molecule has 0 fully saturated rings. The number of likely N-dealkylation sites (N-methyl/N-ethyl adjacent to an activating group) is 1. The average Bonchev–Trinajstić information content (AvgIpc) is 2.29. The Morgan fingerprint density at radius 1 is 1.28 bits per heavy atom. The summed E-state index contributed by atoms with van der Waals surface area (Å²) in [5, 5.41) is 0. The summed E-state index contributed by atoms with van der Waals surface area (Å²) in [6, 6.07) is 7.36. The predicted molar refractivity (Wildman–Crippen MR) is 67.9 cm³/mol. The molecule has 1 aromatic rings. The van der Waals surface area contributed by atoms with E-state index in [0.29, 0.717) is 6.54 Å². The number of amides is 2. The minimum absolute atomic E-state index is 0.120. The average molecular weight is 250 g/mol. The van der Waals surface area contributed by atoms with Gasteiger partial charge < -0.3 is 15.4 Å². The first kappa shape index (κ1) is 14.0. The van der Waals surface area contributed by atoms with E-state index < -0.39 is 11.8 Å². The molecule has 0 aliphatic rings. The Bertz CT molecular complexity index is 426. The van der Waals surface area contributed by atoms with Gasteiger partial charge in [0, 0.05) is 13.6 Å². The maximum absolute atomic E-state index is 11.3. The Morgan fingerprint density at radius 3 is 2.28 bits per heavy atom. The van der Waals surface area contributed by atoms with Crippen LogP contribution in [0.1, 0.15) is 19.4 Å². The van der Waals surface area contributed by atoms with Crippen molar-refractivity contribution >= 4 is 11.8 Å². The molecule has 0 aliphatic carbocycles. The van der Waals surface area contributed by atoms with E-state index >= 15 is 0 Å². The van der Waals surface area contributed by atoms with Crippen molar-refractivity contribution in [3.8, 4) is 5.75 Å². The van der Waals surface area contributed by atoms with Crippen LogP contribution >= 0.6 is 0 Å². The second-order valence-corrected chi connectivity index (χ2v) is 4.34. The monoisotopic (exact) mass is 250 g/mol. The number of ether oxygens (including phenoxy) is 1. The molecule has 0 heterocycles. The van der Waals surface area contributed by atoms with Crippen LogP contribution in [0, 0.1) is 0 Å². The van der Waals surface area contributed by atoms with Crippen LogP contribution in [-0.4, -0.2) is 29.9 Å². The molecule has 0 bridgehead atoms. The SMILES string of the molecule is CC(C)Oc1ccc(CN(C)C(=O)C(N)=O)cc1.